The van der Waals surface area contributed by atoms with Crippen LogP contribution in [0.25, 0.3) is 0 Å². The van der Waals surface area contributed by atoms with Gasteiger partial charge >= 0.3 is 0 Å². The van der Waals surface area contributed by atoms with Gasteiger partial charge in [0.15, 0.2) is 0 Å². The molecular formula is C11H22N2O3. The molecule has 0 aromatic heterocycles. The lowest BCUT2D eigenvalue weighted by molar-refractivity contribution is -0.134. The van der Waals surface area contributed by atoms with Crippen molar-refractivity contribution in [2.75, 3.05) is 0 Å². The minimum Gasteiger partial charge on any atom is -0.383 e. The molecule has 94 valence electrons. The second kappa shape index (κ2) is 6.48. The van der Waals surface area contributed by atoms with E-state index in [-0.39, 0.29) is 11.8 Å². The lowest BCUT2D eigenvalue weighted by atomic mass is 10.0. The van der Waals surface area contributed by atoms with Crippen LogP contribution in [0, 0.1) is 11.8 Å². The first kappa shape index (κ1) is 14.9. The number of primary amides is 1. The molecule has 0 rings (SSSR count). The normalized spacial score (nSPS) is 14.9. The van der Waals surface area contributed by atoms with E-state index in [0.717, 1.165) is 0 Å². The van der Waals surface area contributed by atoms with Crippen molar-refractivity contribution in [3.05, 3.63) is 0 Å². The van der Waals surface area contributed by atoms with Crippen molar-refractivity contribution in [2.24, 2.45) is 17.6 Å². The van der Waals surface area contributed by atoms with Crippen molar-refractivity contribution >= 4 is 11.8 Å². The molecule has 16 heavy (non-hydrogen) atoms. The molecule has 0 aliphatic rings. The van der Waals surface area contributed by atoms with Crippen molar-refractivity contribution < 1.29 is 14.7 Å². The number of hydrogen-bond donors (Lipinski definition) is 3. The third-order valence-electron chi connectivity index (χ3n) is 2.27. The van der Waals surface area contributed by atoms with Crippen LogP contribution in [0.5, 0.6) is 0 Å². The average molecular weight is 230 g/mol. The molecular weight excluding hydrogens is 208 g/mol. The lowest BCUT2D eigenvalue weighted by Gasteiger charge is -2.21. The maximum atomic E-state index is 11.5. The topological polar surface area (TPSA) is 92.4 Å². The SMILES string of the molecule is CC(C)CC(O)C(=O)NC(C(N)=O)C(C)C. The molecule has 0 spiro atoms. The zero-order chi connectivity index (χ0) is 12.9. The standard InChI is InChI=1S/C11H22N2O3/c1-6(2)5-8(14)11(16)13-9(7(3)4)10(12)15/h6-9,14H,5H2,1-4H3,(H2,12,15)(H,13,16). The number of nitrogens with one attached hydrogen (secondary N) is 1. The first-order valence-corrected chi connectivity index (χ1v) is 5.53. The van der Waals surface area contributed by atoms with Crippen molar-refractivity contribution in [1.82, 2.24) is 5.32 Å². The van der Waals surface area contributed by atoms with Crippen molar-refractivity contribution in [3.63, 3.8) is 0 Å². The molecule has 2 unspecified atom stereocenters. The summed E-state index contributed by atoms with van der Waals surface area (Å²) in [6, 6.07) is -0.727. The fourth-order valence-electron chi connectivity index (χ4n) is 1.37. The first-order valence-electron chi connectivity index (χ1n) is 5.53. The smallest absolute Gasteiger partial charge is 0.249 e. The zero-order valence-electron chi connectivity index (χ0n) is 10.4. The molecule has 0 aliphatic heterocycles. The van der Waals surface area contributed by atoms with Crippen LogP contribution in [-0.4, -0.2) is 29.1 Å². The summed E-state index contributed by atoms with van der Waals surface area (Å²) in [5.41, 5.74) is 5.15. The van der Waals surface area contributed by atoms with Gasteiger partial charge in [-0.15, -0.1) is 0 Å². The van der Waals surface area contributed by atoms with Crippen molar-refractivity contribution in [2.45, 2.75) is 46.3 Å². The van der Waals surface area contributed by atoms with E-state index in [2.05, 4.69) is 5.32 Å². The summed E-state index contributed by atoms with van der Waals surface area (Å²) in [4.78, 5) is 22.6. The van der Waals surface area contributed by atoms with Gasteiger partial charge in [-0.05, 0) is 18.3 Å². The molecule has 0 fully saturated rings. The Kier molecular flexibility index (Phi) is 6.03. The van der Waals surface area contributed by atoms with Gasteiger partial charge in [-0.25, -0.2) is 0 Å². The molecule has 0 radical (unpaired) electrons. The molecule has 4 N–H and O–H groups in total. The summed E-state index contributed by atoms with van der Waals surface area (Å²) in [6.07, 6.45) is -0.712. The minimum absolute atomic E-state index is 0.0901. The van der Waals surface area contributed by atoms with Crippen LogP contribution in [-0.2, 0) is 9.59 Å². The molecule has 0 aliphatic carbocycles. The quantitative estimate of drug-likeness (QED) is 0.600. The van der Waals surface area contributed by atoms with Gasteiger partial charge < -0.3 is 16.2 Å². The van der Waals surface area contributed by atoms with E-state index in [1.165, 1.54) is 0 Å². The van der Waals surface area contributed by atoms with Gasteiger partial charge in [0, 0.05) is 0 Å². The highest BCUT2D eigenvalue weighted by Gasteiger charge is 2.25. The second-order valence-corrected chi connectivity index (χ2v) is 4.78. The Balaban J connectivity index is 4.35. The van der Waals surface area contributed by atoms with E-state index in [0.29, 0.717) is 6.42 Å². The summed E-state index contributed by atoms with van der Waals surface area (Å²) in [6.45, 7) is 7.38. The summed E-state index contributed by atoms with van der Waals surface area (Å²) in [5.74, 6) is -0.995. The van der Waals surface area contributed by atoms with Crippen LogP contribution in [0.4, 0.5) is 0 Å². The monoisotopic (exact) mass is 230 g/mol. The highest BCUT2D eigenvalue weighted by Crippen LogP contribution is 2.06. The maximum absolute atomic E-state index is 11.5. The van der Waals surface area contributed by atoms with Crippen LogP contribution in [0.15, 0.2) is 0 Å². The summed E-state index contributed by atoms with van der Waals surface area (Å²) >= 11 is 0. The Morgan fingerprint density at radius 1 is 1.25 bits per heavy atom. The Morgan fingerprint density at radius 3 is 2.06 bits per heavy atom. The summed E-state index contributed by atoms with van der Waals surface area (Å²) < 4.78 is 0. The van der Waals surface area contributed by atoms with Crippen LogP contribution in [0.2, 0.25) is 0 Å². The van der Waals surface area contributed by atoms with E-state index in [1.54, 1.807) is 13.8 Å². The molecule has 0 saturated heterocycles. The van der Waals surface area contributed by atoms with Gasteiger partial charge in [0.2, 0.25) is 11.8 Å². The number of rotatable bonds is 6. The predicted octanol–water partition coefficient (Wildman–Crippen LogP) is 0.0195. The van der Waals surface area contributed by atoms with Crippen LogP contribution >= 0.6 is 0 Å². The van der Waals surface area contributed by atoms with Gasteiger partial charge in [-0.1, -0.05) is 27.7 Å². The molecule has 0 aromatic rings. The number of carbonyl (C=O) groups excluding carboxylic acids is 2. The van der Waals surface area contributed by atoms with E-state index in [9.17, 15) is 14.7 Å². The Bertz CT molecular complexity index is 252. The van der Waals surface area contributed by atoms with Crippen LogP contribution < -0.4 is 11.1 Å². The molecule has 0 heterocycles. The van der Waals surface area contributed by atoms with Crippen molar-refractivity contribution in [3.8, 4) is 0 Å². The Hall–Kier alpha value is -1.10. The first-order chi connectivity index (χ1) is 7.25. The van der Waals surface area contributed by atoms with E-state index >= 15 is 0 Å². The van der Waals surface area contributed by atoms with Gasteiger partial charge in [-0.3, -0.25) is 9.59 Å². The minimum atomic E-state index is -1.08. The number of hydrogen-bond acceptors (Lipinski definition) is 3. The molecule has 0 bridgehead atoms. The number of aliphatic hydroxyl groups excluding tert-OH is 1. The largest absolute Gasteiger partial charge is 0.383 e. The third-order valence-corrected chi connectivity index (χ3v) is 2.27. The predicted molar refractivity (Wildman–Crippen MR) is 61.4 cm³/mol. The van der Waals surface area contributed by atoms with Gasteiger partial charge in [0.05, 0.1) is 0 Å². The molecule has 2 amide bonds. The molecule has 2 atom stereocenters. The number of amides is 2. The Labute approximate surface area is 96.4 Å². The molecule has 0 saturated carbocycles. The maximum Gasteiger partial charge on any atom is 0.249 e. The third kappa shape index (κ3) is 5.11. The summed E-state index contributed by atoms with van der Waals surface area (Å²) in [7, 11) is 0. The lowest BCUT2D eigenvalue weighted by Crippen LogP contribution is -2.50. The van der Waals surface area contributed by atoms with Crippen molar-refractivity contribution in [1.29, 1.82) is 0 Å². The second-order valence-electron chi connectivity index (χ2n) is 4.78. The summed E-state index contributed by atoms with van der Waals surface area (Å²) in [5, 5.41) is 12.0. The van der Waals surface area contributed by atoms with E-state index < -0.39 is 24.0 Å². The average Bonchev–Trinajstić information content (AvgIpc) is 2.11. The highest BCUT2D eigenvalue weighted by molar-refractivity contribution is 5.88. The van der Waals surface area contributed by atoms with Gasteiger partial charge in [0.1, 0.15) is 12.1 Å². The molecule has 5 heteroatoms. The van der Waals surface area contributed by atoms with Crippen LogP contribution in [0.3, 0.4) is 0 Å². The number of aliphatic hydroxyl groups is 1. The fraction of sp³-hybridized carbons (Fsp3) is 0.818. The van der Waals surface area contributed by atoms with Crippen LogP contribution in [0.1, 0.15) is 34.1 Å². The number of nitrogens with two attached hydrogens (primary N) is 1. The van der Waals surface area contributed by atoms with Gasteiger partial charge in [0.25, 0.3) is 0 Å². The fourth-order valence-corrected chi connectivity index (χ4v) is 1.37. The van der Waals surface area contributed by atoms with Gasteiger partial charge in [-0.2, -0.15) is 0 Å². The number of carbonyl (C=O) groups is 2. The molecule has 5 nitrogen and oxygen atoms in total. The highest BCUT2D eigenvalue weighted by atomic mass is 16.3. The molecule has 0 aromatic carbocycles. The van der Waals surface area contributed by atoms with E-state index in [4.69, 9.17) is 5.73 Å². The Morgan fingerprint density at radius 2 is 1.75 bits per heavy atom. The zero-order valence-corrected chi connectivity index (χ0v) is 10.4. The van der Waals surface area contributed by atoms with E-state index in [1.807, 2.05) is 13.8 Å².